The quantitative estimate of drug-likeness (QED) is 0.151. The van der Waals surface area contributed by atoms with E-state index >= 15 is 0 Å². The van der Waals surface area contributed by atoms with E-state index in [9.17, 15) is 0 Å². The van der Waals surface area contributed by atoms with Crippen LogP contribution in [0.5, 0.6) is 0 Å². The SMILES string of the molecule is CC(C)C.CC(C)C.CC(C)C.CC(C)C.CC(C)C.CC(C)C.CC(C)C.CC(C)c1nnco1.c1ccc2ccccc2c1.c1ccc2ncccc2c1.c1ccoc1.c1cnoc1.c1cocn1.c1ncon1.c1ncsn1. The van der Waals surface area contributed by atoms with Gasteiger partial charge in [-0.1, -0.05) is 242 Å². The second-order valence-corrected chi connectivity index (χ2v) is 22.6. The first-order valence-electron chi connectivity index (χ1n) is 27.9. The van der Waals surface area contributed by atoms with Gasteiger partial charge >= 0.3 is 0 Å². The Morgan fingerprint density at radius 1 is 0.370 bits per heavy atom. The van der Waals surface area contributed by atoms with Crippen LogP contribution in [0.3, 0.4) is 0 Å². The van der Waals surface area contributed by atoms with Crippen molar-refractivity contribution in [2.45, 2.75) is 165 Å². The lowest BCUT2D eigenvalue weighted by Crippen LogP contribution is -1.85. The van der Waals surface area contributed by atoms with Crippen molar-refractivity contribution in [3.05, 3.63) is 190 Å². The molecule has 0 fully saturated rings. The van der Waals surface area contributed by atoms with Gasteiger partial charge in [0.1, 0.15) is 24.4 Å². The highest BCUT2D eigenvalue weighted by Gasteiger charge is 2.01. The number of hydrogen-bond donors (Lipinski definition) is 0. The normalized spacial score (nSPS) is 9.07. The van der Waals surface area contributed by atoms with E-state index in [0.29, 0.717) is 11.8 Å². The van der Waals surface area contributed by atoms with Crippen molar-refractivity contribution in [1.82, 2.24) is 44.8 Å². The number of pyridine rings is 1. The van der Waals surface area contributed by atoms with Gasteiger partial charge in [0.15, 0.2) is 12.7 Å². The van der Waals surface area contributed by atoms with Crippen LogP contribution in [-0.4, -0.2) is 44.8 Å². The summed E-state index contributed by atoms with van der Waals surface area (Å²) in [5.41, 5.74) is 2.74. The summed E-state index contributed by atoms with van der Waals surface area (Å²) in [6, 6.07) is 34.2. The van der Waals surface area contributed by atoms with Crippen molar-refractivity contribution in [2.75, 3.05) is 0 Å². The third-order valence-electron chi connectivity index (χ3n) is 5.73. The lowest BCUT2D eigenvalue weighted by molar-refractivity contribution is 0.416. The van der Waals surface area contributed by atoms with Gasteiger partial charge in [-0.2, -0.15) is 4.37 Å². The van der Waals surface area contributed by atoms with Crippen molar-refractivity contribution in [3.63, 3.8) is 0 Å². The zero-order valence-electron chi connectivity index (χ0n) is 53.9. The molecule has 15 heteroatoms. The molecule has 0 atom stereocenters. The molecule has 10 rings (SSSR count). The minimum Gasteiger partial charge on any atom is -0.473 e. The highest BCUT2D eigenvalue weighted by atomic mass is 32.1. The Labute approximate surface area is 494 Å². The molecule has 0 bridgehead atoms. The second kappa shape index (κ2) is 63.7. The topological polar surface area (TPSA) is 182 Å². The fraction of sp³-hybridized carbons (Fsp3) is 0.470. The largest absolute Gasteiger partial charge is 0.473 e. The lowest BCUT2D eigenvalue weighted by atomic mass is 10.1. The summed E-state index contributed by atoms with van der Waals surface area (Å²) >= 11 is 1.35. The molecule has 3 aromatic carbocycles. The molecule has 0 aliphatic carbocycles. The molecule has 7 aromatic heterocycles. The molecule has 0 saturated carbocycles. The molecule has 0 saturated heterocycles. The van der Waals surface area contributed by atoms with Gasteiger partial charge in [-0.3, -0.25) is 4.98 Å². The number of rotatable bonds is 1. The van der Waals surface area contributed by atoms with E-state index in [2.05, 4.69) is 269 Å². The summed E-state index contributed by atoms with van der Waals surface area (Å²) < 4.78 is 26.1. The molecule has 0 amide bonds. The molecule has 452 valence electrons. The summed E-state index contributed by atoms with van der Waals surface area (Å²) in [7, 11) is 0. The van der Waals surface area contributed by atoms with Crippen LogP contribution >= 0.6 is 11.5 Å². The molecule has 0 aliphatic rings. The van der Waals surface area contributed by atoms with Gasteiger partial charge in [-0.25, -0.2) is 15.0 Å². The fourth-order valence-corrected chi connectivity index (χ4v) is 3.70. The number of aromatic nitrogens is 9. The predicted molar refractivity (Wildman–Crippen MR) is 344 cm³/mol. The van der Waals surface area contributed by atoms with Crippen molar-refractivity contribution >= 4 is 33.2 Å². The highest BCUT2D eigenvalue weighted by Crippen LogP contribution is 2.11. The van der Waals surface area contributed by atoms with E-state index in [1.165, 1.54) is 72.1 Å². The average molecular weight is 1140 g/mol. The van der Waals surface area contributed by atoms with Gasteiger partial charge < -0.3 is 22.3 Å². The number of benzene rings is 3. The van der Waals surface area contributed by atoms with Crippen LogP contribution < -0.4 is 0 Å². The number of furan rings is 1. The second-order valence-electron chi connectivity index (χ2n) is 21.9. The van der Waals surface area contributed by atoms with Crippen LogP contribution in [0.2, 0.25) is 0 Å². The van der Waals surface area contributed by atoms with Gasteiger partial charge in [-0.05, 0) is 94.1 Å². The van der Waals surface area contributed by atoms with Crippen molar-refractivity contribution < 1.29 is 22.3 Å². The smallest absolute Gasteiger partial charge is 0.218 e. The van der Waals surface area contributed by atoms with Crippen LogP contribution in [0.25, 0.3) is 21.7 Å². The fourth-order valence-electron chi connectivity index (χ4n) is 3.43. The maximum atomic E-state index is 4.87. The maximum absolute atomic E-state index is 4.87. The Morgan fingerprint density at radius 2 is 0.840 bits per heavy atom. The van der Waals surface area contributed by atoms with Gasteiger partial charge in [0, 0.05) is 17.5 Å². The molecule has 0 spiro atoms. The molecule has 0 radical (unpaired) electrons. The number of hydrogen-bond acceptors (Lipinski definition) is 15. The summed E-state index contributed by atoms with van der Waals surface area (Å²) in [5, 5.41) is 17.6. The van der Waals surface area contributed by atoms with Crippen molar-refractivity contribution in [3.8, 4) is 0 Å². The minimum absolute atomic E-state index is 0.345. The summed E-state index contributed by atoms with van der Waals surface area (Å²) in [6.07, 6.45) is 18.1. The number of nitrogens with zero attached hydrogens (tertiary/aromatic N) is 9. The van der Waals surface area contributed by atoms with Crippen molar-refractivity contribution in [2.24, 2.45) is 41.4 Å². The van der Waals surface area contributed by atoms with E-state index in [0.717, 1.165) is 46.9 Å². The van der Waals surface area contributed by atoms with Gasteiger partial charge in [-0.15, -0.1) is 10.2 Å². The van der Waals surface area contributed by atoms with Gasteiger partial charge in [0.2, 0.25) is 18.7 Å². The molecule has 10 aromatic rings. The maximum Gasteiger partial charge on any atom is 0.218 e. The minimum atomic E-state index is 0.345. The van der Waals surface area contributed by atoms with Crippen LogP contribution in [0.4, 0.5) is 0 Å². The summed E-state index contributed by atoms with van der Waals surface area (Å²) in [5.74, 6) is 6.88. The van der Waals surface area contributed by atoms with Crippen molar-refractivity contribution in [1.29, 1.82) is 0 Å². The first-order valence-corrected chi connectivity index (χ1v) is 28.7. The van der Waals surface area contributed by atoms with E-state index in [-0.39, 0.29) is 0 Å². The summed E-state index contributed by atoms with van der Waals surface area (Å²) in [6.45, 7) is 49.5. The number of fused-ring (bicyclic) bond motifs is 2. The Kier molecular flexibility index (Phi) is 65.0. The van der Waals surface area contributed by atoms with Crippen LogP contribution in [0.15, 0.2) is 206 Å². The van der Waals surface area contributed by atoms with Crippen LogP contribution in [0.1, 0.15) is 171 Å². The first-order chi connectivity index (χ1) is 38.4. The molecule has 81 heavy (non-hydrogen) atoms. The molecule has 7 heterocycles. The Hall–Kier alpha value is -7.13. The van der Waals surface area contributed by atoms with E-state index in [1.807, 2.05) is 56.4 Å². The van der Waals surface area contributed by atoms with E-state index in [4.69, 9.17) is 4.42 Å². The number of oxazole rings is 1. The third kappa shape index (κ3) is 87.0. The standard InChI is InChI=1S/C10H8.C9H7N.C5H8N2O.C4H4O.7C4H10.2C3H3NO.C2H2N2O.C2H2N2S/c1-2-6-10-8-4-3-7-9(10)5-1;1-2-6-9-8(4-1)5-3-7-10-9;1-4(2)5-7-6-3-8-5;1-2-4-5-3-1;7*1-4(2)3;1-2-5-3-4-1;1-2-4-5-3-1;2*1-3-2-5-4-1/h1-8H;1-7H;3-4H,1-2H3;1-4H;7*4H,1-3H3;2*1-3H;2*1-2H. The molecular formula is C66H107N9O5S. The zero-order valence-corrected chi connectivity index (χ0v) is 54.7. The first kappa shape index (κ1) is 82.7. The van der Waals surface area contributed by atoms with Gasteiger partial charge in [0.05, 0.1) is 30.4 Å². The highest BCUT2D eigenvalue weighted by molar-refractivity contribution is 7.03. The van der Waals surface area contributed by atoms with Crippen LogP contribution in [-0.2, 0) is 0 Å². The van der Waals surface area contributed by atoms with E-state index in [1.54, 1.807) is 36.5 Å². The monoisotopic (exact) mass is 1140 g/mol. The third-order valence-corrected chi connectivity index (χ3v) is 6.16. The van der Waals surface area contributed by atoms with E-state index < -0.39 is 0 Å². The molecule has 14 nitrogen and oxygen atoms in total. The molecule has 0 aliphatic heterocycles. The Balaban J connectivity index is -0.000000259. The Bertz CT molecular complexity index is 1980. The lowest BCUT2D eigenvalue weighted by Gasteiger charge is -1.92. The predicted octanol–water partition coefficient (Wildman–Crippen LogP) is 21.1. The molecule has 0 unspecified atom stereocenters. The van der Waals surface area contributed by atoms with Crippen LogP contribution in [0, 0.1) is 41.4 Å². The Morgan fingerprint density at radius 3 is 1.06 bits per heavy atom. The molecule has 0 N–H and O–H groups in total. The summed E-state index contributed by atoms with van der Waals surface area (Å²) in [4.78, 5) is 14.8. The average Bonchev–Trinajstić information content (AvgIpc) is 4.25. The molecular weight excluding hydrogens is 1030 g/mol. The van der Waals surface area contributed by atoms with Gasteiger partial charge in [0.25, 0.3) is 0 Å². The zero-order chi connectivity index (χ0) is 62.3. The number of para-hydroxylation sites is 1.